The Morgan fingerprint density at radius 1 is 1.10 bits per heavy atom. The van der Waals surface area contributed by atoms with Crippen molar-refractivity contribution in [3.63, 3.8) is 0 Å². The monoisotopic (exact) mass is 280 g/mol. The van der Waals surface area contributed by atoms with E-state index >= 15 is 0 Å². The standard InChI is InChI=1S/C18H36N2/c1-4-5-16-6-10-18(14-19,11-7-16)20-12-8-17(9-13-20)15(2)3/h15-17H,4-14,19H2,1-3H3. The highest BCUT2D eigenvalue weighted by Crippen LogP contribution is 2.40. The maximum absolute atomic E-state index is 6.24. The van der Waals surface area contributed by atoms with E-state index < -0.39 is 0 Å². The third-order valence-electron chi connectivity index (χ3n) is 6.27. The molecule has 0 aromatic carbocycles. The van der Waals surface area contributed by atoms with Crippen LogP contribution in [-0.4, -0.2) is 30.1 Å². The van der Waals surface area contributed by atoms with Crippen LogP contribution in [0.15, 0.2) is 0 Å². The van der Waals surface area contributed by atoms with Gasteiger partial charge in [0.1, 0.15) is 0 Å². The lowest BCUT2D eigenvalue weighted by molar-refractivity contribution is 0.00892. The summed E-state index contributed by atoms with van der Waals surface area (Å²) in [6.45, 7) is 10.5. The summed E-state index contributed by atoms with van der Waals surface area (Å²) in [6, 6.07) is 0. The minimum Gasteiger partial charge on any atom is -0.329 e. The van der Waals surface area contributed by atoms with Gasteiger partial charge in [0.25, 0.3) is 0 Å². The molecule has 0 aromatic rings. The van der Waals surface area contributed by atoms with Crippen LogP contribution in [0.3, 0.4) is 0 Å². The van der Waals surface area contributed by atoms with Crippen LogP contribution in [0.4, 0.5) is 0 Å². The quantitative estimate of drug-likeness (QED) is 0.823. The Labute approximate surface area is 126 Å². The number of nitrogens with two attached hydrogens (primary N) is 1. The molecule has 0 bridgehead atoms. The maximum Gasteiger partial charge on any atom is 0.0331 e. The first kappa shape index (κ1) is 16.3. The van der Waals surface area contributed by atoms with E-state index in [4.69, 9.17) is 5.73 Å². The summed E-state index contributed by atoms with van der Waals surface area (Å²) < 4.78 is 0. The van der Waals surface area contributed by atoms with Crippen LogP contribution in [-0.2, 0) is 0 Å². The Kier molecular flexibility index (Phi) is 5.92. The summed E-state index contributed by atoms with van der Waals surface area (Å²) in [6.07, 6.45) is 11.1. The van der Waals surface area contributed by atoms with Gasteiger partial charge in [-0.2, -0.15) is 0 Å². The van der Waals surface area contributed by atoms with Crippen LogP contribution in [0, 0.1) is 17.8 Å². The van der Waals surface area contributed by atoms with Gasteiger partial charge in [0, 0.05) is 12.1 Å². The summed E-state index contributed by atoms with van der Waals surface area (Å²) in [5, 5.41) is 0. The number of hydrogen-bond acceptors (Lipinski definition) is 2. The van der Waals surface area contributed by atoms with Gasteiger partial charge in [-0.25, -0.2) is 0 Å². The van der Waals surface area contributed by atoms with E-state index in [0.29, 0.717) is 5.54 Å². The van der Waals surface area contributed by atoms with Crippen molar-refractivity contribution in [2.45, 2.75) is 77.7 Å². The van der Waals surface area contributed by atoms with Gasteiger partial charge in [-0.15, -0.1) is 0 Å². The molecule has 0 aromatic heterocycles. The molecule has 1 saturated heterocycles. The van der Waals surface area contributed by atoms with Crippen LogP contribution in [0.2, 0.25) is 0 Å². The number of nitrogens with zero attached hydrogens (tertiary/aromatic N) is 1. The van der Waals surface area contributed by atoms with Gasteiger partial charge in [-0.05, 0) is 69.4 Å². The predicted molar refractivity (Wildman–Crippen MR) is 87.8 cm³/mol. The minimum atomic E-state index is 0.353. The van der Waals surface area contributed by atoms with E-state index in [9.17, 15) is 0 Å². The van der Waals surface area contributed by atoms with Crippen molar-refractivity contribution in [3.8, 4) is 0 Å². The normalized spacial score (nSPS) is 33.8. The van der Waals surface area contributed by atoms with E-state index in [1.54, 1.807) is 0 Å². The number of hydrogen-bond donors (Lipinski definition) is 1. The second-order valence-corrected chi connectivity index (χ2v) is 7.73. The van der Waals surface area contributed by atoms with Crippen LogP contribution in [0.1, 0.15) is 72.1 Å². The highest BCUT2D eigenvalue weighted by atomic mass is 15.2. The fourth-order valence-corrected chi connectivity index (χ4v) is 4.60. The molecule has 0 unspecified atom stereocenters. The average Bonchev–Trinajstić information content (AvgIpc) is 2.49. The van der Waals surface area contributed by atoms with Gasteiger partial charge < -0.3 is 5.73 Å². The predicted octanol–water partition coefficient (Wildman–Crippen LogP) is 4.04. The second-order valence-electron chi connectivity index (χ2n) is 7.73. The molecule has 0 amide bonds. The molecule has 2 rings (SSSR count). The van der Waals surface area contributed by atoms with Crippen LogP contribution < -0.4 is 5.73 Å². The molecule has 118 valence electrons. The summed E-state index contributed by atoms with van der Waals surface area (Å²) in [5.74, 6) is 2.77. The summed E-state index contributed by atoms with van der Waals surface area (Å²) in [5.41, 5.74) is 6.59. The van der Waals surface area contributed by atoms with Crippen molar-refractivity contribution >= 4 is 0 Å². The Morgan fingerprint density at radius 3 is 2.15 bits per heavy atom. The second kappa shape index (κ2) is 7.26. The van der Waals surface area contributed by atoms with Crippen molar-refractivity contribution in [2.24, 2.45) is 23.5 Å². The fourth-order valence-electron chi connectivity index (χ4n) is 4.60. The molecule has 1 aliphatic carbocycles. The average molecular weight is 281 g/mol. The summed E-state index contributed by atoms with van der Waals surface area (Å²) in [4.78, 5) is 2.77. The zero-order valence-electron chi connectivity index (χ0n) is 14.0. The van der Waals surface area contributed by atoms with Crippen LogP contribution in [0.25, 0.3) is 0 Å². The number of likely N-dealkylation sites (tertiary alicyclic amines) is 1. The Balaban J connectivity index is 1.89. The smallest absolute Gasteiger partial charge is 0.0331 e. The lowest BCUT2D eigenvalue weighted by Gasteiger charge is -2.50. The molecule has 0 radical (unpaired) electrons. The van der Waals surface area contributed by atoms with E-state index in [1.165, 1.54) is 64.5 Å². The molecule has 2 aliphatic rings. The molecule has 1 saturated carbocycles. The Bertz CT molecular complexity index is 271. The highest BCUT2D eigenvalue weighted by molar-refractivity contribution is 4.97. The van der Waals surface area contributed by atoms with Crippen molar-refractivity contribution in [3.05, 3.63) is 0 Å². The minimum absolute atomic E-state index is 0.353. The molecule has 1 heterocycles. The summed E-state index contributed by atoms with van der Waals surface area (Å²) in [7, 11) is 0. The van der Waals surface area contributed by atoms with E-state index in [0.717, 1.165) is 24.3 Å². The van der Waals surface area contributed by atoms with Crippen molar-refractivity contribution < 1.29 is 0 Å². The lowest BCUT2D eigenvalue weighted by Crippen LogP contribution is -2.58. The highest BCUT2D eigenvalue weighted by Gasteiger charge is 2.40. The SMILES string of the molecule is CCCC1CCC(CN)(N2CCC(C(C)C)CC2)CC1. The molecule has 1 aliphatic heterocycles. The van der Waals surface area contributed by atoms with E-state index in [2.05, 4.69) is 25.7 Å². The van der Waals surface area contributed by atoms with Gasteiger partial charge in [0.2, 0.25) is 0 Å². The first-order valence-corrected chi connectivity index (χ1v) is 9.06. The van der Waals surface area contributed by atoms with E-state index in [1.807, 2.05) is 0 Å². The third kappa shape index (κ3) is 3.57. The van der Waals surface area contributed by atoms with Crippen molar-refractivity contribution in [1.29, 1.82) is 0 Å². The maximum atomic E-state index is 6.24. The molecular weight excluding hydrogens is 244 g/mol. The van der Waals surface area contributed by atoms with Gasteiger partial charge in [0.05, 0.1) is 0 Å². The molecule has 2 heteroatoms. The molecule has 2 nitrogen and oxygen atoms in total. The third-order valence-corrected chi connectivity index (χ3v) is 6.27. The number of piperidine rings is 1. The van der Waals surface area contributed by atoms with Gasteiger partial charge in [-0.3, -0.25) is 4.90 Å². The molecule has 20 heavy (non-hydrogen) atoms. The topological polar surface area (TPSA) is 29.3 Å². The number of rotatable bonds is 5. The first-order chi connectivity index (χ1) is 9.61. The molecule has 0 atom stereocenters. The summed E-state index contributed by atoms with van der Waals surface area (Å²) >= 11 is 0. The van der Waals surface area contributed by atoms with Crippen LogP contribution in [0.5, 0.6) is 0 Å². The van der Waals surface area contributed by atoms with Crippen molar-refractivity contribution in [1.82, 2.24) is 4.90 Å². The largest absolute Gasteiger partial charge is 0.329 e. The lowest BCUT2D eigenvalue weighted by atomic mass is 9.73. The van der Waals surface area contributed by atoms with Crippen molar-refractivity contribution in [2.75, 3.05) is 19.6 Å². The molecular formula is C18H36N2. The fraction of sp³-hybridized carbons (Fsp3) is 1.00. The Hall–Kier alpha value is -0.0800. The molecule has 2 N–H and O–H groups in total. The van der Waals surface area contributed by atoms with E-state index in [-0.39, 0.29) is 0 Å². The van der Waals surface area contributed by atoms with Gasteiger partial charge >= 0.3 is 0 Å². The molecule has 0 spiro atoms. The molecule has 2 fully saturated rings. The van der Waals surface area contributed by atoms with Gasteiger partial charge in [-0.1, -0.05) is 33.6 Å². The zero-order chi connectivity index (χ0) is 14.6. The van der Waals surface area contributed by atoms with Crippen LogP contribution >= 0.6 is 0 Å². The van der Waals surface area contributed by atoms with Gasteiger partial charge in [0.15, 0.2) is 0 Å². The Morgan fingerprint density at radius 2 is 1.70 bits per heavy atom. The zero-order valence-corrected chi connectivity index (χ0v) is 14.0. The first-order valence-electron chi connectivity index (χ1n) is 9.06.